The van der Waals surface area contributed by atoms with Crippen molar-refractivity contribution in [2.75, 3.05) is 11.9 Å². The van der Waals surface area contributed by atoms with E-state index in [9.17, 15) is 14.0 Å². The number of nitrogens with one attached hydrogen (secondary N) is 2. The summed E-state index contributed by atoms with van der Waals surface area (Å²) in [6, 6.07) is 5.73. The van der Waals surface area contributed by atoms with Crippen LogP contribution in [0.2, 0.25) is 0 Å². The van der Waals surface area contributed by atoms with E-state index in [1.807, 2.05) is 0 Å². The second-order valence-electron chi connectivity index (χ2n) is 5.34. The predicted molar refractivity (Wildman–Crippen MR) is 76.4 cm³/mol. The first-order valence-electron chi connectivity index (χ1n) is 7.06. The van der Waals surface area contributed by atoms with Gasteiger partial charge in [-0.3, -0.25) is 9.59 Å². The largest absolute Gasteiger partial charge is 0.481 e. The monoisotopic (exact) mass is 294 g/mol. The molecule has 2 atom stereocenters. The van der Waals surface area contributed by atoms with Crippen molar-refractivity contribution in [1.82, 2.24) is 5.32 Å². The van der Waals surface area contributed by atoms with E-state index in [0.717, 1.165) is 12.8 Å². The maximum atomic E-state index is 13.0. The molecule has 114 valence electrons. The number of aliphatic carboxylic acids is 1. The van der Waals surface area contributed by atoms with Crippen LogP contribution in [0.1, 0.15) is 25.7 Å². The Morgan fingerprint density at radius 1 is 1.33 bits per heavy atom. The van der Waals surface area contributed by atoms with Gasteiger partial charge in [-0.25, -0.2) is 4.39 Å². The molecule has 2 unspecified atom stereocenters. The molecule has 3 N–H and O–H groups in total. The van der Waals surface area contributed by atoms with Crippen molar-refractivity contribution in [3.8, 4) is 0 Å². The van der Waals surface area contributed by atoms with Gasteiger partial charge in [0.25, 0.3) is 0 Å². The lowest BCUT2D eigenvalue weighted by Crippen LogP contribution is -2.40. The Balaban J connectivity index is 1.77. The third kappa shape index (κ3) is 4.82. The summed E-state index contributed by atoms with van der Waals surface area (Å²) in [6.07, 6.45) is 2.96. The summed E-state index contributed by atoms with van der Waals surface area (Å²) >= 11 is 0. The number of carbonyl (C=O) groups excluding carboxylic acids is 1. The predicted octanol–water partition coefficient (Wildman–Crippen LogP) is 2.00. The van der Waals surface area contributed by atoms with E-state index < -0.39 is 11.8 Å². The normalized spacial score (nSPS) is 21.8. The summed E-state index contributed by atoms with van der Waals surface area (Å²) in [7, 11) is 0. The quantitative estimate of drug-likeness (QED) is 0.776. The third-order valence-electron chi connectivity index (χ3n) is 3.68. The summed E-state index contributed by atoms with van der Waals surface area (Å²) in [6.45, 7) is 0.0908. The average Bonchev–Trinajstić information content (AvgIpc) is 2.45. The fourth-order valence-electron chi connectivity index (χ4n) is 2.61. The van der Waals surface area contributed by atoms with Gasteiger partial charge in [0.1, 0.15) is 5.82 Å². The number of carboxylic acids is 1. The standard InChI is InChI=1S/C15H19FN2O3/c16-11-4-2-6-13(8-11)18-14(19)9-17-12-5-1-3-10(7-12)15(20)21/h2,4,6,8,10,12,17H,1,3,5,7,9H2,(H,18,19)(H,20,21). The highest BCUT2D eigenvalue weighted by atomic mass is 19.1. The highest BCUT2D eigenvalue weighted by Crippen LogP contribution is 2.24. The van der Waals surface area contributed by atoms with Crippen molar-refractivity contribution in [3.05, 3.63) is 30.1 Å². The Morgan fingerprint density at radius 2 is 2.14 bits per heavy atom. The molecule has 0 aromatic heterocycles. The van der Waals surface area contributed by atoms with E-state index >= 15 is 0 Å². The molecule has 0 radical (unpaired) electrons. The molecule has 5 nitrogen and oxygen atoms in total. The van der Waals surface area contributed by atoms with Crippen LogP contribution in [0.4, 0.5) is 10.1 Å². The Morgan fingerprint density at radius 3 is 2.86 bits per heavy atom. The smallest absolute Gasteiger partial charge is 0.306 e. The molecule has 21 heavy (non-hydrogen) atoms. The fourth-order valence-corrected chi connectivity index (χ4v) is 2.61. The minimum absolute atomic E-state index is 0.0399. The summed E-state index contributed by atoms with van der Waals surface area (Å²) in [5.74, 6) is -1.77. The topological polar surface area (TPSA) is 78.4 Å². The molecular formula is C15H19FN2O3. The molecule has 1 fully saturated rings. The average molecular weight is 294 g/mol. The van der Waals surface area contributed by atoms with Crippen LogP contribution in [0.25, 0.3) is 0 Å². The molecule has 0 bridgehead atoms. The first-order valence-corrected chi connectivity index (χ1v) is 7.06. The summed E-state index contributed by atoms with van der Waals surface area (Å²) in [5.41, 5.74) is 0.411. The van der Waals surface area contributed by atoms with Crippen molar-refractivity contribution in [2.24, 2.45) is 5.92 Å². The number of carbonyl (C=O) groups is 2. The molecule has 0 saturated heterocycles. The Bertz CT molecular complexity index is 521. The zero-order valence-corrected chi connectivity index (χ0v) is 11.6. The lowest BCUT2D eigenvalue weighted by atomic mass is 9.86. The Labute approximate surface area is 122 Å². The van der Waals surface area contributed by atoms with Crippen molar-refractivity contribution in [2.45, 2.75) is 31.7 Å². The zero-order valence-electron chi connectivity index (χ0n) is 11.6. The highest BCUT2D eigenvalue weighted by Gasteiger charge is 2.26. The van der Waals surface area contributed by atoms with Crippen LogP contribution < -0.4 is 10.6 Å². The second-order valence-corrected chi connectivity index (χ2v) is 5.34. The number of amides is 1. The van der Waals surface area contributed by atoms with E-state index in [1.165, 1.54) is 18.2 Å². The minimum atomic E-state index is -0.772. The van der Waals surface area contributed by atoms with Gasteiger partial charge in [0, 0.05) is 11.7 Å². The van der Waals surface area contributed by atoms with Gasteiger partial charge >= 0.3 is 5.97 Å². The highest BCUT2D eigenvalue weighted by molar-refractivity contribution is 5.92. The maximum absolute atomic E-state index is 13.0. The van der Waals surface area contributed by atoms with Crippen LogP contribution in [-0.4, -0.2) is 29.6 Å². The van der Waals surface area contributed by atoms with E-state index in [-0.39, 0.29) is 24.4 Å². The summed E-state index contributed by atoms with van der Waals surface area (Å²) in [4.78, 5) is 22.7. The van der Waals surface area contributed by atoms with Crippen LogP contribution in [0, 0.1) is 11.7 Å². The summed E-state index contributed by atoms with van der Waals surface area (Å²) in [5, 5.41) is 14.7. The fraction of sp³-hybridized carbons (Fsp3) is 0.467. The molecule has 0 aliphatic heterocycles. The molecular weight excluding hydrogens is 275 g/mol. The van der Waals surface area contributed by atoms with Gasteiger partial charge in [-0.2, -0.15) is 0 Å². The van der Waals surface area contributed by atoms with Gasteiger partial charge in [0.2, 0.25) is 5.91 Å². The SMILES string of the molecule is O=C(CNC1CCCC(C(=O)O)C1)Nc1cccc(F)c1. The van der Waals surface area contributed by atoms with Crippen LogP contribution >= 0.6 is 0 Å². The molecule has 2 rings (SSSR count). The lowest BCUT2D eigenvalue weighted by Gasteiger charge is -2.27. The number of carboxylic acid groups (broad SMARTS) is 1. The second kappa shape index (κ2) is 7.17. The molecule has 1 aliphatic carbocycles. The van der Waals surface area contributed by atoms with Crippen LogP contribution in [0.15, 0.2) is 24.3 Å². The molecule has 0 heterocycles. The third-order valence-corrected chi connectivity index (χ3v) is 3.68. The molecule has 1 aromatic carbocycles. The molecule has 1 aliphatic rings. The van der Waals surface area contributed by atoms with Gasteiger partial charge in [0.05, 0.1) is 12.5 Å². The molecule has 1 amide bonds. The van der Waals surface area contributed by atoms with Crippen molar-refractivity contribution < 1.29 is 19.1 Å². The van der Waals surface area contributed by atoms with E-state index in [2.05, 4.69) is 10.6 Å². The van der Waals surface area contributed by atoms with Gasteiger partial charge in [-0.1, -0.05) is 12.5 Å². The number of hydrogen-bond donors (Lipinski definition) is 3. The number of hydrogen-bond acceptors (Lipinski definition) is 3. The van der Waals surface area contributed by atoms with Gasteiger partial charge < -0.3 is 15.7 Å². The molecule has 1 saturated carbocycles. The van der Waals surface area contributed by atoms with E-state index in [1.54, 1.807) is 6.07 Å². The van der Waals surface area contributed by atoms with Crippen molar-refractivity contribution in [3.63, 3.8) is 0 Å². The Hall–Kier alpha value is -1.95. The number of halogens is 1. The van der Waals surface area contributed by atoms with Gasteiger partial charge in [-0.05, 0) is 37.5 Å². The van der Waals surface area contributed by atoms with Gasteiger partial charge in [-0.15, -0.1) is 0 Å². The lowest BCUT2D eigenvalue weighted by molar-refractivity contribution is -0.143. The number of benzene rings is 1. The first-order chi connectivity index (χ1) is 10.0. The van der Waals surface area contributed by atoms with Crippen LogP contribution in [0.3, 0.4) is 0 Å². The van der Waals surface area contributed by atoms with Crippen molar-refractivity contribution >= 4 is 17.6 Å². The van der Waals surface area contributed by atoms with Crippen molar-refractivity contribution in [1.29, 1.82) is 0 Å². The van der Waals surface area contributed by atoms with Crippen LogP contribution in [-0.2, 0) is 9.59 Å². The number of rotatable bonds is 5. The molecule has 6 heteroatoms. The molecule has 1 aromatic rings. The maximum Gasteiger partial charge on any atom is 0.306 e. The zero-order chi connectivity index (χ0) is 15.2. The number of anilines is 1. The van der Waals surface area contributed by atoms with Crippen LogP contribution in [0.5, 0.6) is 0 Å². The minimum Gasteiger partial charge on any atom is -0.481 e. The van der Waals surface area contributed by atoms with E-state index in [0.29, 0.717) is 18.5 Å². The Kier molecular flexibility index (Phi) is 5.27. The molecule has 0 spiro atoms. The summed E-state index contributed by atoms with van der Waals surface area (Å²) < 4.78 is 13.0. The van der Waals surface area contributed by atoms with E-state index in [4.69, 9.17) is 5.11 Å². The first kappa shape index (κ1) is 15.4. The van der Waals surface area contributed by atoms with Gasteiger partial charge in [0.15, 0.2) is 0 Å².